The molecular formula is C13H23NS2. The van der Waals surface area contributed by atoms with Gasteiger partial charge in [0.2, 0.25) is 0 Å². The lowest BCUT2D eigenvalue weighted by atomic mass is 9.94. The molecule has 1 nitrogen and oxygen atoms in total. The zero-order chi connectivity index (χ0) is 11.2. The van der Waals surface area contributed by atoms with E-state index in [2.05, 4.69) is 29.6 Å². The third kappa shape index (κ3) is 3.71. The topological polar surface area (TPSA) is 26.0 Å². The summed E-state index contributed by atoms with van der Waals surface area (Å²) in [5.74, 6) is 3.85. The minimum Gasteiger partial charge on any atom is -0.323 e. The molecule has 0 aromatic rings. The van der Waals surface area contributed by atoms with Crippen molar-refractivity contribution >= 4 is 23.5 Å². The maximum absolute atomic E-state index is 6.44. The van der Waals surface area contributed by atoms with E-state index in [-0.39, 0.29) is 0 Å². The molecule has 1 fully saturated rings. The quantitative estimate of drug-likeness (QED) is 0.767. The molecule has 0 amide bonds. The van der Waals surface area contributed by atoms with Crippen molar-refractivity contribution in [1.29, 1.82) is 0 Å². The van der Waals surface area contributed by atoms with E-state index >= 15 is 0 Å². The van der Waals surface area contributed by atoms with Gasteiger partial charge in [0.1, 0.15) is 0 Å². The van der Waals surface area contributed by atoms with E-state index in [0.29, 0.717) is 11.3 Å². The molecule has 0 aromatic carbocycles. The van der Waals surface area contributed by atoms with Crippen LogP contribution in [0.4, 0.5) is 0 Å². The molecule has 0 bridgehead atoms. The van der Waals surface area contributed by atoms with Gasteiger partial charge in [-0.05, 0) is 25.7 Å². The third-order valence-electron chi connectivity index (χ3n) is 3.50. The maximum Gasteiger partial charge on any atom is 0.0382 e. The van der Waals surface area contributed by atoms with Crippen LogP contribution in [-0.4, -0.2) is 28.6 Å². The van der Waals surface area contributed by atoms with E-state index in [1.165, 1.54) is 55.8 Å². The van der Waals surface area contributed by atoms with E-state index in [1.54, 1.807) is 5.57 Å². The Morgan fingerprint density at radius 2 is 2.06 bits per heavy atom. The average molecular weight is 257 g/mol. The Bertz CT molecular complexity index is 234. The summed E-state index contributed by atoms with van der Waals surface area (Å²) in [6, 6.07) is 0.330. The lowest BCUT2D eigenvalue weighted by Gasteiger charge is -2.29. The molecule has 0 saturated carbocycles. The van der Waals surface area contributed by atoms with Crippen LogP contribution in [-0.2, 0) is 0 Å². The molecule has 0 radical (unpaired) electrons. The summed E-state index contributed by atoms with van der Waals surface area (Å²) in [7, 11) is 0. The standard InChI is InChI=1S/C13H23NS2/c14-13(12-10-15-8-9-16-12)11-6-4-2-1-3-5-7-11/h6,12-13H,1-5,7-10,14H2. The van der Waals surface area contributed by atoms with Gasteiger partial charge >= 0.3 is 0 Å². The Kier molecular flexibility index (Phi) is 5.60. The van der Waals surface area contributed by atoms with Crippen LogP contribution in [0.2, 0.25) is 0 Å². The normalized spacial score (nSPS) is 30.1. The van der Waals surface area contributed by atoms with Crippen molar-refractivity contribution < 1.29 is 0 Å². The van der Waals surface area contributed by atoms with Gasteiger partial charge in [0.15, 0.2) is 0 Å². The molecule has 1 aliphatic carbocycles. The van der Waals surface area contributed by atoms with Gasteiger partial charge < -0.3 is 5.73 Å². The van der Waals surface area contributed by atoms with Gasteiger partial charge in [-0.15, -0.1) is 0 Å². The second kappa shape index (κ2) is 6.97. The van der Waals surface area contributed by atoms with Crippen molar-refractivity contribution in [2.24, 2.45) is 5.73 Å². The van der Waals surface area contributed by atoms with Crippen molar-refractivity contribution in [3.63, 3.8) is 0 Å². The number of hydrogen-bond acceptors (Lipinski definition) is 3. The van der Waals surface area contributed by atoms with Crippen LogP contribution in [0.3, 0.4) is 0 Å². The Labute approximate surface area is 108 Å². The first-order valence-corrected chi connectivity index (χ1v) is 8.72. The van der Waals surface area contributed by atoms with Gasteiger partial charge in [0.05, 0.1) is 0 Å². The number of hydrogen-bond donors (Lipinski definition) is 1. The molecule has 1 heterocycles. The first kappa shape index (κ1) is 12.8. The lowest BCUT2D eigenvalue weighted by molar-refractivity contribution is 0.595. The molecule has 0 aromatic heterocycles. The van der Waals surface area contributed by atoms with Gasteiger partial charge in [-0.2, -0.15) is 23.5 Å². The minimum absolute atomic E-state index is 0.330. The monoisotopic (exact) mass is 257 g/mol. The molecule has 16 heavy (non-hydrogen) atoms. The van der Waals surface area contributed by atoms with E-state index in [0.717, 1.165) is 0 Å². The predicted octanol–water partition coefficient (Wildman–Crippen LogP) is 3.44. The Morgan fingerprint density at radius 3 is 2.88 bits per heavy atom. The van der Waals surface area contributed by atoms with E-state index in [4.69, 9.17) is 5.73 Å². The predicted molar refractivity (Wildman–Crippen MR) is 77.3 cm³/mol. The van der Waals surface area contributed by atoms with Crippen LogP contribution in [0.5, 0.6) is 0 Å². The van der Waals surface area contributed by atoms with Gasteiger partial charge in [-0.3, -0.25) is 0 Å². The highest BCUT2D eigenvalue weighted by Crippen LogP contribution is 2.30. The van der Waals surface area contributed by atoms with Crippen LogP contribution < -0.4 is 5.73 Å². The van der Waals surface area contributed by atoms with Crippen molar-refractivity contribution in [1.82, 2.24) is 0 Å². The second-order valence-electron chi connectivity index (χ2n) is 4.74. The number of thioether (sulfide) groups is 2. The minimum atomic E-state index is 0.330. The molecule has 92 valence electrons. The molecule has 2 N–H and O–H groups in total. The highest BCUT2D eigenvalue weighted by Gasteiger charge is 2.24. The first-order valence-electron chi connectivity index (χ1n) is 6.52. The third-order valence-corrected chi connectivity index (χ3v) is 6.38. The molecule has 2 atom stereocenters. The van der Waals surface area contributed by atoms with E-state index < -0.39 is 0 Å². The molecule has 2 aliphatic rings. The SMILES string of the molecule is NC(C1=CCCCCCC1)C1CSCCS1. The Hall–Kier alpha value is 0.400. The van der Waals surface area contributed by atoms with Crippen molar-refractivity contribution in [2.75, 3.05) is 17.3 Å². The number of nitrogens with two attached hydrogens (primary N) is 1. The zero-order valence-electron chi connectivity index (χ0n) is 9.99. The molecule has 2 unspecified atom stereocenters. The molecule has 1 aliphatic heterocycles. The first-order chi connectivity index (χ1) is 7.88. The number of rotatable bonds is 2. The number of allylic oxidation sites excluding steroid dienone is 1. The van der Waals surface area contributed by atoms with Crippen molar-refractivity contribution in [3.8, 4) is 0 Å². The highest BCUT2D eigenvalue weighted by molar-refractivity contribution is 8.06. The summed E-state index contributed by atoms with van der Waals surface area (Å²) in [4.78, 5) is 0. The van der Waals surface area contributed by atoms with Crippen LogP contribution in [0, 0.1) is 0 Å². The smallest absolute Gasteiger partial charge is 0.0382 e. The van der Waals surface area contributed by atoms with Gasteiger partial charge in [-0.25, -0.2) is 0 Å². The fourth-order valence-corrected chi connectivity index (χ4v) is 5.29. The van der Waals surface area contributed by atoms with Crippen LogP contribution in [0.15, 0.2) is 11.6 Å². The fourth-order valence-electron chi connectivity index (χ4n) is 2.47. The van der Waals surface area contributed by atoms with Crippen LogP contribution in [0.25, 0.3) is 0 Å². The van der Waals surface area contributed by atoms with E-state index in [9.17, 15) is 0 Å². The molecule has 2 rings (SSSR count). The average Bonchev–Trinajstić information content (AvgIpc) is 2.29. The van der Waals surface area contributed by atoms with Crippen molar-refractivity contribution in [2.45, 2.75) is 49.8 Å². The largest absolute Gasteiger partial charge is 0.323 e. The second-order valence-corrected chi connectivity index (χ2v) is 7.24. The Morgan fingerprint density at radius 1 is 1.19 bits per heavy atom. The van der Waals surface area contributed by atoms with E-state index in [1.807, 2.05) is 0 Å². The molecule has 0 spiro atoms. The van der Waals surface area contributed by atoms with Crippen LogP contribution >= 0.6 is 23.5 Å². The van der Waals surface area contributed by atoms with Crippen LogP contribution in [0.1, 0.15) is 38.5 Å². The van der Waals surface area contributed by atoms with Crippen molar-refractivity contribution in [3.05, 3.63) is 11.6 Å². The zero-order valence-corrected chi connectivity index (χ0v) is 11.6. The maximum atomic E-state index is 6.44. The van der Waals surface area contributed by atoms with Gasteiger partial charge in [0.25, 0.3) is 0 Å². The summed E-state index contributed by atoms with van der Waals surface area (Å²) in [5.41, 5.74) is 8.00. The molecule has 1 saturated heterocycles. The lowest BCUT2D eigenvalue weighted by Crippen LogP contribution is -2.38. The summed E-state index contributed by atoms with van der Waals surface area (Å²) in [5, 5.41) is 0.671. The molecular weight excluding hydrogens is 234 g/mol. The summed E-state index contributed by atoms with van der Waals surface area (Å²) in [6.07, 6.45) is 10.5. The summed E-state index contributed by atoms with van der Waals surface area (Å²) >= 11 is 4.17. The summed E-state index contributed by atoms with van der Waals surface area (Å²) < 4.78 is 0. The highest BCUT2D eigenvalue weighted by atomic mass is 32.2. The van der Waals surface area contributed by atoms with Gasteiger partial charge in [-0.1, -0.05) is 24.5 Å². The fraction of sp³-hybridized carbons (Fsp3) is 0.846. The van der Waals surface area contributed by atoms with Gasteiger partial charge in [0, 0.05) is 28.6 Å². The Balaban J connectivity index is 1.92. The molecule has 3 heteroatoms. The summed E-state index contributed by atoms with van der Waals surface area (Å²) in [6.45, 7) is 0.